The minimum Gasteiger partial charge on any atom is -0.469 e. The minimum atomic E-state index is -1.00. The average molecular weight is 302 g/mol. The number of ether oxygens (including phenoxy) is 2. The van der Waals surface area contributed by atoms with Gasteiger partial charge in [0, 0.05) is 12.8 Å². The number of carbonyl (C=O) groups excluding carboxylic acids is 2. The van der Waals surface area contributed by atoms with E-state index < -0.39 is 11.4 Å². The van der Waals surface area contributed by atoms with E-state index in [9.17, 15) is 9.59 Å². The number of hydrogen-bond donors (Lipinski definition) is 0. The van der Waals surface area contributed by atoms with Gasteiger partial charge in [0.2, 0.25) is 0 Å². The van der Waals surface area contributed by atoms with Crippen LogP contribution in [0.2, 0.25) is 0 Å². The van der Waals surface area contributed by atoms with Crippen LogP contribution in [0.5, 0.6) is 0 Å². The van der Waals surface area contributed by atoms with Crippen molar-refractivity contribution in [1.29, 1.82) is 0 Å². The second kappa shape index (κ2) is 8.89. The van der Waals surface area contributed by atoms with E-state index in [1.165, 1.54) is 7.11 Å². The molecule has 0 spiro atoms. The lowest BCUT2D eigenvalue weighted by atomic mass is 9.86. The lowest BCUT2D eigenvalue weighted by molar-refractivity contribution is -0.152. The van der Waals surface area contributed by atoms with E-state index in [0.29, 0.717) is 6.42 Å². The Morgan fingerprint density at radius 3 is 2.50 bits per heavy atom. The molecule has 0 aliphatic rings. The third kappa shape index (κ3) is 5.61. The molecule has 0 N–H and O–H groups in total. The second-order valence-corrected chi connectivity index (χ2v) is 5.09. The van der Waals surface area contributed by atoms with Gasteiger partial charge in [-0.1, -0.05) is 42.2 Å². The number of carbonyl (C=O) groups is 2. The first-order valence-electron chi connectivity index (χ1n) is 7.30. The molecule has 1 aromatic carbocycles. The van der Waals surface area contributed by atoms with Crippen molar-refractivity contribution in [3.8, 4) is 11.8 Å². The standard InChI is InChI=1S/C18H22O4/c1-4-22-17(20)18(2,14-12-16(19)21-3)13-8-11-15-9-6-5-7-10-15/h5-7,9-10H,4,11-12,14H2,1-3H3. The van der Waals surface area contributed by atoms with Gasteiger partial charge in [-0.2, -0.15) is 0 Å². The van der Waals surface area contributed by atoms with Crippen molar-refractivity contribution >= 4 is 11.9 Å². The summed E-state index contributed by atoms with van der Waals surface area (Å²) in [6.07, 6.45) is 0.959. The molecule has 0 saturated carbocycles. The van der Waals surface area contributed by atoms with E-state index in [-0.39, 0.29) is 25.4 Å². The molecule has 0 bridgehead atoms. The quantitative estimate of drug-likeness (QED) is 0.599. The molecular weight excluding hydrogens is 280 g/mol. The fraction of sp³-hybridized carbons (Fsp3) is 0.444. The van der Waals surface area contributed by atoms with Crippen molar-refractivity contribution in [3.63, 3.8) is 0 Å². The molecule has 0 heterocycles. The predicted octanol–water partition coefficient (Wildman–Crippen LogP) is 2.76. The van der Waals surface area contributed by atoms with Crippen LogP contribution in [-0.4, -0.2) is 25.7 Å². The molecule has 0 amide bonds. The zero-order valence-corrected chi connectivity index (χ0v) is 13.3. The maximum absolute atomic E-state index is 12.1. The fourth-order valence-electron chi connectivity index (χ4n) is 1.90. The highest BCUT2D eigenvalue weighted by Gasteiger charge is 2.33. The van der Waals surface area contributed by atoms with Crippen LogP contribution in [0.4, 0.5) is 0 Å². The van der Waals surface area contributed by atoms with E-state index in [2.05, 4.69) is 16.6 Å². The summed E-state index contributed by atoms with van der Waals surface area (Å²) in [7, 11) is 1.32. The Kier molecular flexibility index (Phi) is 7.18. The summed E-state index contributed by atoms with van der Waals surface area (Å²) in [5, 5.41) is 0. The fourth-order valence-corrected chi connectivity index (χ4v) is 1.90. The first-order valence-corrected chi connectivity index (χ1v) is 7.30. The summed E-state index contributed by atoms with van der Waals surface area (Å²) < 4.78 is 9.70. The van der Waals surface area contributed by atoms with Gasteiger partial charge in [-0.05, 0) is 25.8 Å². The molecule has 0 fully saturated rings. The smallest absolute Gasteiger partial charge is 0.323 e. The Hall–Kier alpha value is -2.28. The van der Waals surface area contributed by atoms with Crippen molar-refractivity contribution in [1.82, 2.24) is 0 Å². The molecule has 1 unspecified atom stereocenters. The Bertz CT molecular complexity index is 553. The second-order valence-electron chi connectivity index (χ2n) is 5.09. The highest BCUT2D eigenvalue weighted by molar-refractivity contribution is 5.81. The predicted molar refractivity (Wildman–Crippen MR) is 83.9 cm³/mol. The van der Waals surface area contributed by atoms with Crippen LogP contribution in [0.3, 0.4) is 0 Å². The first kappa shape index (κ1) is 17.8. The third-order valence-corrected chi connectivity index (χ3v) is 3.28. The lowest BCUT2D eigenvalue weighted by Crippen LogP contribution is -2.29. The number of benzene rings is 1. The van der Waals surface area contributed by atoms with Gasteiger partial charge in [0.05, 0.1) is 13.7 Å². The normalized spacial score (nSPS) is 12.5. The number of methoxy groups -OCH3 is 1. The van der Waals surface area contributed by atoms with Crippen LogP contribution in [0.25, 0.3) is 0 Å². The molecular formula is C18H22O4. The lowest BCUT2D eigenvalue weighted by Gasteiger charge is -2.20. The summed E-state index contributed by atoms with van der Waals surface area (Å²) in [4.78, 5) is 23.4. The highest BCUT2D eigenvalue weighted by Crippen LogP contribution is 2.25. The van der Waals surface area contributed by atoms with Crippen LogP contribution < -0.4 is 0 Å². The zero-order chi connectivity index (χ0) is 16.4. The van der Waals surface area contributed by atoms with E-state index >= 15 is 0 Å². The number of rotatable bonds is 6. The van der Waals surface area contributed by atoms with Crippen LogP contribution in [0.1, 0.15) is 32.3 Å². The maximum Gasteiger partial charge on any atom is 0.323 e. The van der Waals surface area contributed by atoms with Crippen LogP contribution in [0, 0.1) is 17.3 Å². The van der Waals surface area contributed by atoms with Crippen molar-refractivity contribution in [2.75, 3.05) is 13.7 Å². The third-order valence-electron chi connectivity index (χ3n) is 3.28. The van der Waals surface area contributed by atoms with Crippen molar-refractivity contribution < 1.29 is 19.1 Å². The largest absolute Gasteiger partial charge is 0.469 e. The number of esters is 2. The highest BCUT2D eigenvalue weighted by atomic mass is 16.5. The Morgan fingerprint density at radius 1 is 1.23 bits per heavy atom. The molecule has 118 valence electrons. The van der Waals surface area contributed by atoms with Gasteiger partial charge >= 0.3 is 11.9 Å². The van der Waals surface area contributed by atoms with Crippen molar-refractivity contribution in [2.45, 2.75) is 33.1 Å². The first-order chi connectivity index (χ1) is 10.5. The zero-order valence-electron chi connectivity index (χ0n) is 13.3. The molecule has 0 aromatic heterocycles. The molecule has 0 saturated heterocycles. The van der Waals surface area contributed by atoms with Gasteiger partial charge in [-0.15, -0.1) is 0 Å². The summed E-state index contributed by atoms with van der Waals surface area (Å²) in [5.74, 6) is 5.23. The molecule has 0 aliphatic heterocycles. The van der Waals surface area contributed by atoms with E-state index in [1.54, 1.807) is 13.8 Å². The van der Waals surface area contributed by atoms with E-state index in [4.69, 9.17) is 4.74 Å². The van der Waals surface area contributed by atoms with Crippen molar-refractivity contribution in [2.24, 2.45) is 5.41 Å². The Balaban J connectivity index is 2.81. The summed E-state index contributed by atoms with van der Waals surface area (Å²) in [5.41, 5.74) is 0.0769. The van der Waals surface area contributed by atoms with E-state index in [0.717, 1.165) is 5.56 Å². The topological polar surface area (TPSA) is 52.6 Å². The van der Waals surface area contributed by atoms with Gasteiger partial charge in [-0.3, -0.25) is 9.59 Å². The summed E-state index contributed by atoms with van der Waals surface area (Å²) in [6, 6.07) is 9.78. The number of hydrogen-bond acceptors (Lipinski definition) is 4. The maximum atomic E-state index is 12.1. The van der Waals surface area contributed by atoms with Gasteiger partial charge in [-0.25, -0.2) is 0 Å². The molecule has 1 atom stereocenters. The van der Waals surface area contributed by atoms with Gasteiger partial charge in [0.15, 0.2) is 0 Å². The summed E-state index contributed by atoms with van der Waals surface area (Å²) in [6.45, 7) is 3.73. The monoisotopic (exact) mass is 302 g/mol. The van der Waals surface area contributed by atoms with Crippen LogP contribution >= 0.6 is 0 Å². The average Bonchev–Trinajstić information content (AvgIpc) is 2.53. The molecule has 0 aliphatic carbocycles. The molecule has 1 rings (SSSR count). The molecule has 4 heteroatoms. The van der Waals surface area contributed by atoms with Gasteiger partial charge < -0.3 is 9.47 Å². The molecule has 4 nitrogen and oxygen atoms in total. The van der Waals surface area contributed by atoms with Gasteiger partial charge in [0.25, 0.3) is 0 Å². The summed E-state index contributed by atoms with van der Waals surface area (Å²) >= 11 is 0. The molecule has 22 heavy (non-hydrogen) atoms. The molecule has 0 radical (unpaired) electrons. The van der Waals surface area contributed by atoms with Crippen LogP contribution in [0.15, 0.2) is 30.3 Å². The Morgan fingerprint density at radius 2 is 1.91 bits per heavy atom. The SMILES string of the molecule is CCOC(=O)C(C)(C#CCc1ccccc1)CCC(=O)OC. The minimum absolute atomic E-state index is 0.131. The van der Waals surface area contributed by atoms with Gasteiger partial charge in [0.1, 0.15) is 5.41 Å². The van der Waals surface area contributed by atoms with Crippen LogP contribution in [-0.2, 0) is 25.5 Å². The Labute approximate surface area is 131 Å². The van der Waals surface area contributed by atoms with Crippen molar-refractivity contribution in [3.05, 3.63) is 35.9 Å². The van der Waals surface area contributed by atoms with E-state index in [1.807, 2.05) is 30.3 Å². The molecule has 1 aromatic rings.